The van der Waals surface area contributed by atoms with Crippen LogP contribution in [0.3, 0.4) is 0 Å². The summed E-state index contributed by atoms with van der Waals surface area (Å²) in [6, 6.07) is 7.10. The summed E-state index contributed by atoms with van der Waals surface area (Å²) < 4.78 is 1.55. The molecule has 1 aromatic carbocycles. The number of phenolic OH excluding ortho intramolecular Hbond substituents is 1. The standard InChI is InChI=1S/C18H24N6O2/c1-19-18(21-13-14-3-5-15(25)6-4-14)24-11-9-23(10-12-24)16-17(26)22(2)8-7-20-16/h3-8,25H,9-13H2,1-2H3,(H,19,21). The van der Waals surface area contributed by atoms with Crippen LogP contribution in [-0.2, 0) is 13.6 Å². The Morgan fingerprint density at radius 3 is 2.58 bits per heavy atom. The molecular formula is C18H24N6O2. The normalized spacial score (nSPS) is 15.2. The Morgan fingerprint density at radius 2 is 1.92 bits per heavy atom. The van der Waals surface area contributed by atoms with Crippen LogP contribution in [0.2, 0.25) is 0 Å². The molecule has 138 valence electrons. The number of hydrogen-bond acceptors (Lipinski definition) is 5. The molecule has 0 unspecified atom stereocenters. The van der Waals surface area contributed by atoms with Gasteiger partial charge in [-0.2, -0.15) is 0 Å². The van der Waals surface area contributed by atoms with E-state index in [9.17, 15) is 9.90 Å². The summed E-state index contributed by atoms with van der Waals surface area (Å²) in [4.78, 5) is 25.0. The molecule has 3 rings (SSSR count). The van der Waals surface area contributed by atoms with Crippen LogP contribution in [0.5, 0.6) is 5.75 Å². The first-order valence-corrected chi connectivity index (χ1v) is 8.58. The van der Waals surface area contributed by atoms with Gasteiger partial charge in [-0.1, -0.05) is 12.1 Å². The minimum atomic E-state index is -0.0733. The summed E-state index contributed by atoms with van der Waals surface area (Å²) in [5, 5.41) is 12.7. The van der Waals surface area contributed by atoms with Gasteiger partial charge in [-0.3, -0.25) is 9.79 Å². The lowest BCUT2D eigenvalue weighted by molar-refractivity contribution is 0.370. The lowest BCUT2D eigenvalue weighted by atomic mass is 10.2. The van der Waals surface area contributed by atoms with Crippen LogP contribution >= 0.6 is 0 Å². The summed E-state index contributed by atoms with van der Waals surface area (Å²) in [6.45, 7) is 3.58. The highest BCUT2D eigenvalue weighted by atomic mass is 16.3. The summed E-state index contributed by atoms with van der Waals surface area (Å²) in [6.07, 6.45) is 3.32. The third-order valence-corrected chi connectivity index (χ3v) is 4.48. The van der Waals surface area contributed by atoms with Crippen LogP contribution in [0.4, 0.5) is 5.82 Å². The molecule has 8 heteroatoms. The van der Waals surface area contributed by atoms with Crippen molar-refractivity contribution in [2.24, 2.45) is 12.0 Å². The number of aryl methyl sites for hydroxylation is 1. The van der Waals surface area contributed by atoms with Gasteiger partial charge in [0.1, 0.15) is 5.75 Å². The minimum absolute atomic E-state index is 0.0733. The molecule has 0 spiro atoms. The highest BCUT2D eigenvalue weighted by molar-refractivity contribution is 5.80. The highest BCUT2D eigenvalue weighted by Crippen LogP contribution is 2.11. The van der Waals surface area contributed by atoms with Crippen molar-refractivity contribution in [1.29, 1.82) is 0 Å². The summed E-state index contributed by atoms with van der Waals surface area (Å²) in [5.74, 6) is 1.59. The smallest absolute Gasteiger partial charge is 0.293 e. The molecule has 0 aliphatic carbocycles. The second-order valence-electron chi connectivity index (χ2n) is 6.21. The first kappa shape index (κ1) is 17.8. The van der Waals surface area contributed by atoms with E-state index < -0.39 is 0 Å². The van der Waals surface area contributed by atoms with E-state index in [4.69, 9.17) is 0 Å². The van der Waals surface area contributed by atoms with Crippen molar-refractivity contribution in [2.45, 2.75) is 6.54 Å². The van der Waals surface area contributed by atoms with Gasteiger partial charge in [0.2, 0.25) is 0 Å². The minimum Gasteiger partial charge on any atom is -0.508 e. The van der Waals surface area contributed by atoms with Crippen molar-refractivity contribution in [1.82, 2.24) is 19.8 Å². The number of phenols is 1. The predicted molar refractivity (Wildman–Crippen MR) is 102 cm³/mol. The molecule has 1 saturated heterocycles. The average molecular weight is 356 g/mol. The molecule has 2 N–H and O–H groups in total. The zero-order chi connectivity index (χ0) is 18.5. The lowest BCUT2D eigenvalue weighted by Crippen LogP contribution is -2.53. The molecule has 2 heterocycles. The van der Waals surface area contributed by atoms with Crippen molar-refractivity contribution in [2.75, 3.05) is 38.1 Å². The maximum absolute atomic E-state index is 12.2. The van der Waals surface area contributed by atoms with Crippen molar-refractivity contribution in [3.8, 4) is 5.75 Å². The predicted octanol–water partition coefficient (Wildman–Crippen LogP) is 0.384. The number of aromatic nitrogens is 2. The first-order valence-electron chi connectivity index (χ1n) is 8.58. The Kier molecular flexibility index (Phi) is 5.40. The van der Waals surface area contributed by atoms with Crippen LogP contribution in [0.1, 0.15) is 5.56 Å². The third kappa shape index (κ3) is 3.96. The Hall–Kier alpha value is -3.03. The molecule has 1 aliphatic rings. The van der Waals surface area contributed by atoms with Crippen LogP contribution < -0.4 is 15.8 Å². The number of anilines is 1. The van der Waals surface area contributed by atoms with Crippen molar-refractivity contribution < 1.29 is 5.11 Å². The molecule has 0 saturated carbocycles. The largest absolute Gasteiger partial charge is 0.508 e. The number of aromatic hydroxyl groups is 1. The number of rotatable bonds is 3. The van der Waals surface area contributed by atoms with Crippen LogP contribution in [0, 0.1) is 0 Å². The van der Waals surface area contributed by atoms with Gasteiger partial charge in [-0.05, 0) is 17.7 Å². The fourth-order valence-corrected chi connectivity index (χ4v) is 2.96. The van der Waals surface area contributed by atoms with Gasteiger partial charge in [0.05, 0.1) is 0 Å². The number of piperazine rings is 1. The monoisotopic (exact) mass is 356 g/mol. The SMILES string of the molecule is CN=C(NCc1ccc(O)cc1)N1CCN(c2nccn(C)c2=O)CC1. The fraction of sp³-hybridized carbons (Fsp3) is 0.389. The summed E-state index contributed by atoms with van der Waals surface area (Å²) >= 11 is 0. The summed E-state index contributed by atoms with van der Waals surface area (Å²) in [7, 11) is 3.50. The molecule has 8 nitrogen and oxygen atoms in total. The Balaban J connectivity index is 1.58. The number of guanidine groups is 1. The van der Waals surface area contributed by atoms with E-state index in [1.54, 1.807) is 43.2 Å². The van der Waals surface area contributed by atoms with Gasteiger partial charge in [-0.25, -0.2) is 4.98 Å². The molecule has 1 fully saturated rings. The number of aliphatic imine (C=N–C) groups is 1. The molecule has 2 aromatic rings. The number of hydrogen-bond donors (Lipinski definition) is 2. The summed E-state index contributed by atoms with van der Waals surface area (Å²) in [5.41, 5.74) is 0.996. The average Bonchev–Trinajstić information content (AvgIpc) is 2.66. The Morgan fingerprint density at radius 1 is 1.23 bits per heavy atom. The maximum atomic E-state index is 12.2. The van der Waals surface area contributed by atoms with Crippen LogP contribution in [-0.4, -0.2) is 58.7 Å². The molecule has 0 radical (unpaired) electrons. The van der Waals surface area contributed by atoms with Gasteiger partial charge < -0.3 is 24.8 Å². The second-order valence-corrected chi connectivity index (χ2v) is 6.21. The molecule has 0 bridgehead atoms. The zero-order valence-corrected chi connectivity index (χ0v) is 15.1. The molecule has 0 atom stereocenters. The van der Waals surface area contributed by atoms with E-state index in [0.717, 1.165) is 24.6 Å². The lowest BCUT2D eigenvalue weighted by Gasteiger charge is -2.36. The van der Waals surface area contributed by atoms with Gasteiger partial charge in [0, 0.05) is 59.2 Å². The fourth-order valence-electron chi connectivity index (χ4n) is 2.96. The van der Waals surface area contributed by atoms with Crippen molar-refractivity contribution in [3.05, 3.63) is 52.6 Å². The first-order chi connectivity index (χ1) is 12.6. The molecule has 1 aliphatic heterocycles. The van der Waals surface area contributed by atoms with Crippen LogP contribution in [0.15, 0.2) is 46.4 Å². The van der Waals surface area contributed by atoms with Crippen molar-refractivity contribution >= 4 is 11.8 Å². The molecule has 1 aromatic heterocycles. The van der Waals surface area contributed by atoms with E-state index in [1.807, 2.05) is 17.0 Å². The third-order valence-electron chi connectivity index (χ3n) is 4.48. The van der Waals surface area contributed by atoms with Gasteiger partial charge in [0.25, 0.3) is 5.56 Å². The van der Waals surface area contributed by atoms with Crippen molar-refractivity contribution in [3.63, 3.8) is 0 Å². The number of benzene rings is 1. The van der Waals surface area contributed by atoms with E-state index in [1.165, 1.54) is 0 Å². The van der Waals surface area contributed by atoms with E-state index in [0.29, 0.717) is 25.5 Å². The van der Waals surface area contributed by atoms with E-state index >= 15 is 0 Å². The zero-order valence-electron chi connectivity index (χ0n) is 15.1. The highest BCUT2D eigenvalue weighted by Gasteiger charge is 2.22. The molecular weight excluding hydrogens is 332 g/mol. The number of nitrogens with zero attached hydrogens (tertiary/aromatic N) is 5. The maximum Gasteiger partial charge on any atom is 0.293 e. The van der Waals surface area contributed by atoms with Gasteiger partial charge >= 0.3 is 0 Å². The quantitative estimate of drug-likeness (QED) is 0.611. The molecule has 26 heavy (non-hydrogen) atoms. The topological polar surface area (TPSA) is 86.0 Å². The van der Waals surface area contributed by atoms with E-state index in [2.05, 4.69) is 20.2 Å². The number of nitrogens with one attached hydrogen (secondary N) is 1. The molecule has 0 amide bonds. The second kappa shape index (κ2) is 7.90. The van der Waals surface area contributed by atoms with Crippen LogP contribution in [0.25, 0.3) is 0 Å². The Labute approximate surface area is 152 Å². The van der Waals surface area contributed by atoms with Gasteiger partial charge in [-0.15, -0.1) is 0 Å². The Bertz CT molecular complexity index is 822. The van der Waals surface area contributed by atoms with E-state index in [-0.39, 0.29) is 11.3 Å². The van der Waals surface area contributed by atoms with Gasteiger partial charge in [0.15, 0.2) is 11.8 Å².